The van der Waals surface area contributed by atoms with Gasteiger partial charge in [0.15, 0.2) is 5.69 Å². The highest BCUT2D eigenvalue weighted by atomic mass is 16.5. The first-order valence-corrected chi connectivity index (χ1v) is 5.78. The second kappa shape index (κ2) is 5.90. The summed E-state index contributed by atoms with van der Waals surface area (Å²) < 4.78 is 5.14. The average Bonchev–Trinajstić information content (AvgIpc) is 2.45. The minimum atomic E-state index is 0.445. The number of nitrogens with one attached hydrogen (secondary N) is 1. The van der Waals surface area contributed by atoms with E-state index in [1.165, 1.54) is 0 Å². The number of aromatic nitrogens is 4. The summed E-state index contributed by atoms with van der Waals surface area (Å²) in [6, 6.07) is 3.71. The third-order valence-electron chi connectivity index (χ3n) is 2.32. The molecule has 0 saturated carbocycles. The lowest BCUT2D eigenvalue weighted by Crippen LogP contribution is -2.03. The van der Waals surface area contributed by atoms with Crippen molar-refractivity contribution >= 4 is 5.82 Å². The molecule has 2 aromatic heterocycles. The van der Waals surface area contributed by atoms with Gasteiger partial charge in [0.25, 0.3) is 0 Å². The summed E-state index contributed by atoms with van der Waals surface area (Å²) in [6.07, 6.45) is 4.22. The largest absolute Gasteiger partial charge is 0.479 e. The van der Waals surface area contributed by atoms with Crippen molar-refractivity contribution < 1.29 is 4.74 Å². The van der Waals surface area contributed by atoms with Crippen LogP contribution < -0.4 is 10.1 Å². The first-order chi connectivity index (χ1) is 8.85. The van der Waals surface area contributed by atoms with Gasteiger partial charge in [-0.15, -0.1) is 10.2 Å². The van der Waals surface area contributed by atoms with Crippen molar-refractivity contribution in [2.24, 2.45) is 0 Å². The average molecular weight is 245 g/mol. The molecule has 0 radical (unpaired) electrons. The smallest absolute Gasteiger partial charge is 0.242 e. The number of hydrogen-bond acceptors (Lipinski definition) is 6. The van der Waals surface area contributed by atoms with E-state index in [0.29, 0.717) is 17.3 Å². The molecule has 6 nitrogen and oxygen atoms in total. The van der Waals surface area contributed by atoms with Crippen LogP contribution in [0.2, 0.25) is 0 Å². The van der Waals surface area contributed by atoms with Crippen LogP contribution in [0.15, 0.2) is 24.5 Å². The van der Waals surface area contributed by atoms with E-state index >= 15 is 0 Å². The molecular weight excluding hydrogens is 230 g/mol. The molecule has 0 atom stereocenters. The first-order valence-electron chi connectivity index (χ1n) is 5.78. The van der Waals surface area contributed by atoms with Crippen molar-refractivity contribution in [3.05, 3.63) is 24.5 Å². The fourth-order valence-corrected chi connectivity index (χ4v) is 1.46. The normalized spacial score (nSPS) is 10.1. The lowest BCUT2D eigenvalue weighted by molar-refractivity contribution is 0.397. The maximum atomic E-state index is 5.14. The van der Waals surface area contributed by atoms with E-state index in [0.717, 1.165) is 18.8 Å². The highest BCUT2D eigenvalue weighted by Gasteiger charge is 2.09. The van der Waals surface area contributed by atoms with Gasteiger partial charge in [0, 0.05) is 18.9 Å². The summed E-state index contributed by atoms with van der Waals surface area (Å²) in [5.74, 6) is 1.20. The minimum absolute atomic E-state index is 0.445. The molecule has 94 valence electrons. The number of anilines is 1. The van der Waals surface area contributed by atoms with Gasteiger partial charge in [-0.2, -0.15) is 0 Å². The maximum Gasteiger partial charge on any atom is 0.242 e. The predicted molar refractivity (Wildman–Crippen MR) is 68.4 cm³/mol. The summed E-state index contributed by atoms with van der Waals surface area (Å²) in [5.41, 5.74) is 1.23. The Morgan fingerprint density at radius 2 is 2.00 bits per heavy atom. The molecule has 2 aromatic rings. The van der Waals surface area contributed by atoms with Gasteiger partial charge in [0.05, 0.1) is 7.11 Å². The zero-order chi connectivity index (χ0) is 12.8. The van der Waals surface area contributed by atoms with E-state index in [9.17, 15) is 0 Å². The molecule has 0 spiro atoms. The van der Waals surface area contributed by atoms with Crippen molar-refractivity contribution in [3.63, 3.8) is 0 Å². The number of hydrogen-bond donors (Lipinski definition) is 1. The fraction of sp³-hybridized carbons (Fsp3) is 0.333. The molecule has 0 aliphatic rings. The Labute approximate surface area is 105 Å². The van der Waals surface area contributed by atoms with Gasteiger partial charge in [-0.3, -0.25) is 0 Å². The van der Waals surface area contributed by atoms with Gasteiger partial charge < -0.3 is 10.1 Å². The van der Waals surface area contributed by atoms with Crippen molar-refractivity contribution in [3.8, 4) is 17.3 Å². The second-order valence-corrected chi connectivity index (χ2v) is 3.64. The summed E-state index contributed by atoms with van der Waals surface area (Å²) in [5, 5.41) is 11.4. The molecule has 1 N–H and O–H groups in total. The molecule has 0 bridgehead atoms. The summed E-state index contributed by atoms with van der Waals surface area (Å²) in [4.78, 5) is 8.28. The molecule has 0 fully saturated rings. The van der Waals surface area contributed by atoms with Crippen LogP contribution >= 0.6 is 0 Å². The third kappa shape index (κ3) is 2.71. The van der Waals surface area contributed by atoms with Crippen molar-refractivity contribution in [1.82, 2.24) is 20.2 Å². The number of ether oxygens (including phenoxy) is 1. The Bertz CT molecular complexity index is 500. The van der Waals surface area contributed by atoms with E-state index in [4.69, 9.17) is 4.74 Å². The van der Waals surface area contributed by atoms with Crippen LogP contribution in [0.1, 0.15) is 13.3 Å². The molecule has 2 rings (SSSR count). The van der Waals surface area contributed by atoms with Crippen LogP contribution in [0.3, 0.4) is 0 Å². The van der Waals surface area contributed by atoms with E-state index in [1.807, 2.05) is 12.1 Å². The van der Waals surface area contributed by atoms with E-state index in [2.05, 4.69) is 32.4 Å². The van der Waals surface area contributed by atoms with Crippen molar-refractivity contribution in [2.45, 2.75) is 13.3 Å². The van der Waals surface area contributed by atoms with E-state index in [1.54, 1.807) is 19.5 Å². The third-order valence-corrected chi connectivity index (χ3v) is 2.32. The molecular formula is C12H15N5O. The second-order valence-electron chi connectivity index (χ2n) is 3.64. The molecule has 0 amide bonds. The molecule has 0 aromatic carbocycles. The maximum absolute atomic E-state index is 5.14. The topological polar surface area (TPSA) is 72.8 Å². The molecule has 6 heteroatoms. The van der Waals surface area contributed by atoms with Crippen LogP contribution in [0.5, 0.6) is 5.88 Å². The van der Waals surface area contributed by atoms with Crippen LogP contribution in [-0.2, 0) is 0 Å². The SMILES string of the molecule is CCCNc1ccc(-c2nccnc2OC)nn1. The van der Waals surface area contributed by atoms with Gasteiger partial charge in [-0.1, -0.05) is 6.92 Å². The van der Waals surface area contributed by atoms with Gasteiger partial charge in [0.2, 0.25) is 5.88 Å². The van der Waals surface area contributed by atoms with Crippen LogP contribution in [0.25, 0.3) is 11.4 Å². The Hall–Kier alpha value is -2.24. The lowest BCUT2D eigenvalue weighted by Gasteiger charge is -2.06. The van der Waals surface area contributed by atoms with E-state index in [-0.39, 0.29) is 0 Å². The molecule has 0 aliphatic carbocycles. The molecule has 0 aliphatic heterocycles. The number of nitrogens with zero attached hydrogens (tertiary/aromatic N) is 4. The minimum Gasteiger partial charge on any atom is -0.479 e. The zero-order valence-electron chi connectivity index (χ0n) is 10.4. The first kappa shape index (κ1) is 12.2. The summed E-state index contributed by atoms with van der Waals surface area (Å²) >= 11 is 0. The molecule has 0 unspecified atom stereocenters. The summed E-state index contributed by atoms with van der Waals surface area (Å²) in [7, 11) is 1.55. The van der Waals surface area contributed by atoms with Crippen molar-refractivity contribution in [1.29, 1.82) is 0 Å². The van der Waals surface area contributed by atoms with Gasteiger partial charge in [-0.25, -0.2) is 9.97 Å². The van der Waals surface area contributed by atoms with Crippen LogP contribution in [0.4, 0.5) is 5.82 Å². The predicted octanol–water partition coefficient (Wildman–Crippen LogP) is 1.76. The summed E-state index contributed by atoms with van der Waals surface area (Å²) in [6.45, 7) is 2.97. The highest BCUT2D eigenvalue weighted by Crippen LogP contribution is 2.22. The fourth-order valence-electron chi connectivity index (χ4n) is 1.46. The molecule has 18 heavy (non-hydrogen) atoms. The standard InChI is InChI=1S/C12H15N5O/c1-3-6-13-10-5-4-9(16-17-10)11-12(18-2)15-8-7-14-11/h4-5,7-8H,3,6H2,1-2H3,(H,13,17). The lowest BCUT2D eigenvalue weighted by atomic mass is 10.3. The Morgan fingerprint density at radius 3 is 2.67 bits per heavy atom. The number of rotatable bonds is 5. The molecule has 0 saturated heterocycles. The van der Waals surface area contributed by atoms with Gasteiger partial charge in [0.1, 0.15) is 11.5 Å². The van der Waals surface area contributed by atoms with E-state index < -0.39 is 0 Å². The quantitative estimate of drug-likeness (QED) is 0.865. The monoisotopic (exact) mass is 245 g/mol. The van der Waals surface area contributed by atoms with Crippen molar-refractivity contribution in [2.75, 3.05) is 19.0 Å². The van der Waals surface area contributed by atoms with Crippen LogP contribution in [0, 0.1) is 0 Å². The Balaban J connectivity index is 2.23. The number of methoxy groups -OCH3 is 1. The Morgan fingerprint density at radius 1 is 1.17 bits per heavy atom. The zero-order valence-corrected chi connectivity index (χ0v) is 10.4. The molecule has 2 heterocycles. The Kier molecular flexibility index (Phi) is 4.01. The van der Waals surface area contributed by atoms with Gasteiger partial charge in [-0.05, 0) is 18.6 Å². The highest BCUT2D eigenvalue weighted by molar-refractivity contribution is 5.60. The van der Waals surface area contributed by atoms with Crippen LogP contribution in [-0.4, -0.2) is 33.8 Å². The van der Waals surface area contributed by atoms with Gasteiger partial charge >= 0.3 is 0 Å².